The van der Waals surface area contributed by atoms with E-state index in [-0.39, 0.29) is 45.6 Å². The largest absolute Gasteiger partial charge is 0.475 e. The average molecular weight is 1190 g/mol. The molecule has 0 aliphatic carbocycles. The summed E-state index contributed by atoms with van der Waals surface area (Å²) in [6.07, 6.45) is 0. The predicted molar refractivity (Wildman–Crippen MR) is 298 cm³/mol. The van der Waals surface area contributed by atoms with Crippen LogP contribution in [-0.2, 0) is 27.5 Å². The van der Waals surface area contributed by atoms with Crippen molar-refractivity contribution in [2.45, 2.75) is 20.1 Å². The van der Waals surface area contributed by atoms with Gasteiger partial charge in [0.05, 0.1) is 29.4 Å². The molecule has 8 aromatic heterocycles. The number of aliphatic hydroxyl groups excluding tert-OH is 1. The topological polar surface area (TPSA) is 267 Å². The number of esters is 2. The van der Waals surface area contributed by atoms with Crippen molar-refractivity contribution >= 4 is 64.3 Å². The molecule has 19 nitrogen and oxygen atoms in total. The Hall–Kier alpha value is -9.63. The number of carboxylic acid groups (broad SMARTS) is 1. The van der Waals surface area contributed by atoms with Crippen LogP contribution < -0.4 is 0 Å². The van der Waals surface area contributed by atoms with Gasteiger partial charge in [0.1, 0.15) is 6.61 Å². The number of aromatic nitrogens is 4. The van der Waals surface area contributed by atoms with Crippen LogP contribution in [0.15, 0.2) is 206 Å². The summed E-state index contributed by atoms with van der Waals surface area (Å²) in [6, 6.07) is 50.4. The molecular formula is C59H40Cl4N4O15. The Morgan fingerprint density at radius 3 is 1.09 bits per heavy atom. The molecule has 0 fully saturated rings. The fraction of sp³-hybridized carbons (Fsp3) is 0.0678. The average Bonchev–Trinajstić information content (AvgIpc) is 4.56. The van der Waals surface area contributed by atoms with Crippen molar-refractivity contribution < 1.29 is 69.8 Å². The first-order chi connectivity index (χ1) is 39.8. The molecule has 414 valence electrons. The molecule has 8 heterocycles. The van der Waals surface area contributed by atoms with E-state index in [0.29, 0.717) is 85.2 Å². The molecule has 0 radical (unpaired) electrons. The fourth-order valence-corrected chi connectivity index (χ4v) is 8.55. The van der Waals surface area contributed by atoms with Gasteiger partial charge in [-0.25, -0.2) is 9.59 Å². The monoisotopic (exact) mass is 1180 g/mol. The molecule has 0 bridgehead atoms. The summed E-state index contributed by atoms with van der Waals surface area (Å²) in [4.78, 5) is 34.1. The van der Waals surface area contributed by atoms with Crippen molar-refractivity contribution in [1.82, 2.24) is 20.6 Å². The number of aliphatic hydroxyl groups is 1. The number of methoxy groups -OCH3 is 1. The number of ether oxygens (including phenoxy) is 2. The van der Waals surface area contributed by atoms with Crippen LogP contribution in [0.1, 0.15) is 39.6 Å². The number of carbonyl (C=O) groups excluding carboxylic acids is 2. The Balaban J connectivity index is 0.000000132. The lowest BCUT2D eigenvalue weighted by atomic mass is 10.0. The lowest BCUT2D eigenvalue weighted by Crippen LogP contribution is -2.01. The number of carboxylic acids is 1. The number of halogens is 4. The summed E-state index contributed by atoms with van der Waals surface area (Å²) in [5.74, 6) is 0.197. The van der Waals surface area contributed by atoms with Crippen LogP contribution in [0.5, 0.6) is 0 Å². The van der Waals surface area contributed by atoms with Gasteiger partial charge >= 0.3 is 17.9 Å². The molecule has 12 aromatic rings. The first-order valence-corrected chi connectivity index (χ1v) is 25.6. The summed E-state index contributed by atoms with van der Waals surface area (Å²) in [7, 11) is 1.28. The second-order valence-corrected chi connectivity index (χ2v) is 18.2. The normalized spacial score (nSPS) is 10.7. The molecule has 0 aliphatic rings. The van der Waals surface area contributed by atoms with E-state index in [1.54, 1.807) is 72.8 Å². The maximum atomic E-state index is 11.8. The minimum absolute atomic E-state index is 0.000994. The lowest BCUT2D eigenvalue weighted by molar-refractivity contribution is -0.142. The van der Waals surface area contributed by atoms with E-state index in [1.165, 1.54) is 14.0 Å². The molecule has 0 aliphatic heterocycles. The summed E-state index contributed by atoms with van der Waals surface area (Å²) < 4.78 is 51.7. The maximum Gasteiger partial charge on any atom is 0.377 e. The van der Waals surface area contributed by atoms with E-state index in [1.807, 2.05) is 97.1 Å². The Kier molecular flexibility index (Phi) is 18.5. The van der Waals surface area contributed by atoms with Gasteiger partial charge in [0.15, 0.2) is 84.8 Å². The van der Waals surface area contributed by atoms with Gasteiger partial charge in [-0.15, -0.1) is 0 Å². The summed E-state index contributed by atoms with van der Waals surface area (Å²) in [5.41, 5.74) is 7.27. The number of rotatable bonds is 13. The van der Waals surface area contributed by atoms with Crippen LogP contribution in [0.4, 0.5) is 0 Å². The molecule has 0 amide bonds. The number of hydrogen-bond donors (Lipinski definition) is 2. The van der Waals surface area contributed by atoms with Gasteiger partial charge < -0.3 is 55.4 Å². The van der Waals surface area contributed by atoms with E-state index in [2.05, 4.69) is 20.6 Å². The van der Waals surface area contributed by atoms with E-state index in [4.69, 9.17) is 91.6 Å². The van der Waals surface area contributed by atoms with Gasteiger partial charge in [-0.2, -0.15) is 0 Å². The van der Waals surface area contributed by atoms with Gasteiger partial charge in [0, 0.05) is 6.92 Å². The fourth-order valence-electron chi connectivity index (χ4n) is 7.97. The molecule has 0 unspecified atom stereocenters. The third-order valence-electron chi connectivity index (χ3n) is 11.5. The highest BCUT2D eigenvalue weighted by Gasteiger charge is 2.29. The first-order valence-electron chi connectivity index (χ1n) is 24.1. The maximum absolute atomic E-state index is 11.8. The first kappa shape index (κ1) is 57.1. The second kappa shape index (κ2) is 26.6. The third kappa shape index (κ3) is 13.3. The summed E-state index contributed by atoms with van der Waals surface area (Å²) in [6.45, 7) is 1.11. The summed E-state index contributed by atoms with van der Waals surface area (Å²) in [5, 5.41) is 35.2. The smallest absolute Gasteiger partial charge is 0.377 e. The van der Waals surface area contributed by atoms with Crippen LogP contribution in [-0.4, -0.2) is 55.9 Å². The molecule has 0 saturated carbocycles. The molecule has 0 saturated heterocycles. The van der Waals surface area contributed by atoms with Gasteiger partial charge in [0.2, 0.25) is 0 Å². The van der Waals surface area contributed by atoms with Gasteiger partial charge in [-0.05, 0) is 117 Å². The van der Waals surface area contributed by atoms with Crippen LogP contribution in [0, 0.1) is 0 Å². The number of furan rings is 4. The van der Waals surface area contributed by atoms with Crippen molar-refractivity contribution in [2.24, 2.45) is 0 Å². The number of carbonyl (C=O) groups is 3. The van der Waals surface area contributed by atoms with Crippen molar-refractivity contribution in [3.63, 3.8) is 0 Å². The Labute approximate surface area is 483 Å². The molecule has 12 rings (SSSR count). The standard InChI is InChI=1S/C16H12ClNO4.C15H10ClNO4.C14H8ClNO4.C14H10ClNO3/c1-10(19)20-9-13-15(11-5-3-2-4-6-11)16(18-22-13)12-7-8-14(17)21-12;1-19-15(18)14-12(9-5-3-2-4-6-9)13(17-21-14)10-7-8-11(16)20-10;15-10-7-6-9(19-10)12-11(8-4-2-1-3-5-8)13(14(17)18)20-16-12;15-12-7-6-10(18-12)14-13(11(8-17)19-16-14)9-4-2-1-3-5-9/h2-8H,9H2,1H3;2-8H,1H3;1-7H,(H,17,18);1-7,17H,8H2. The summed E-state index contributed by atoms with van der Waals surface area (Å²) >= 11 is 23.1. The molecular weight excluding hydrogens is 1150 g/mol. The molecule has 0 spiro atoms. The number of benzene rings is 4. The van der Waals surface area contributed by atoms with E-state index >= 15 is 0 Å². The third-order valence-corrected chi connectivity index (χ3v) is 12.3. The molecule has 4 aromatic carbocycles. The second-order valence-electron chi connectivity index (χ2n) is 16.7. The van der Waals surface area contributed by atoms with Crippen LogP contribution >= 0.6 is 46.4 Å². The van der Waals surface area contributed by atoms with E-state index in [0.717, 1.165) is 16.7 Å². The molecule has 82 heavy (non-hydrogen) atoms. The van der Waals surface area contributed by atoms with E-state index in [9.17, 15) is 24.6 Å². The minimum atomic E-state index is -1.19. The van der Waals surface area contributed by atoms with Crippen molar-refractivity contribution in [2.75, 3.05) is 7.11 Å². The number of aromatic carboxylic acids is 1. The number of nitrogens with zero attached hydrogens (tertiary/aromatic N) is 4. The Morgan fingerprint density at radius 2 is 0.756 bits per heavy atom. The Morgan fingerprint density at radius 1 is 0.439 bits per heavy atom. The van der Waals surface area contributed by atoms with E-state index < -0.39 is 17.9 Å². The van der Waals surface area contributed by atoms with Gasteiger partial charge in [0.25, 0.3) is 11.5 Å². The highest BCUT2D eigenvalue weighted by Crippen LogP contribution is 2.40. The van der Waals surface area contributed by atoms with Gasteiger partial charge in [-0.1, -0.05) is 142 Å². The molecule has 0 atom stereocenters. The highest BCUT2D eigenvalue weighted by molar-refractivity contribution is 6.29. The zero-order valence-electron chi connectivity index (χ0n) is 42.6. The zero-order valence-corrected chi connectivity index (χ0v) is 45.6. The van der Waals surface area contributed by atoms with Crippen LogP contribution in [0.2, 0.25) is 20.9 Å². The zero-order chi connectivity index (χ0) is 57.7. The van der Waals surface area contributed by atoms with Crippen molar-refractivity contribution in [3.05, 3.63) is 214 Å². The molecule has 2 N–H and O–H groups in total. The van der Waals surface area contributed by atoms with Crippen molar-refractivity contribution in [1.29, 1.82) is 0 Å². The van der Waals surface area contributed by atoms with Crippen LogP contribution in [0.3, 0.4) is 0 Å². The highest BCUT2D eigenvalue weighted by atomic mass is 35.5. The minimum Gasteiger partial charge on any atom is -0.475 e. The number of hydrogen-bond acceptors (Lipinski definition) is 18. The van der Waals surface area contributed by atoms with Crippen LogP contribution in [0.25, 0.3) is 90.3 Å². The molecule has 23 heteroatoms. The van der Waals surface area contributed by atoms with Gasteiger partial charge in [-0.3, -0.25) is 4.79 Å². The Bertz CT molecular complexity index is 4060. The van der Waals surface area contributed by atoms with Crippen molar-refractivity contribution in [3.8, 4) is 90.3 Å². The predicted octanol–water partition coefficient (Wildman–Crippen LogP) is 16.1. The SMILES string of the molecule is CC(=O)OCc1onc(-c2ccc(Cl)o2)c1-c1ccccc1.COC(=O)c1onc(-c2ccc(Cl)o2)c1-c1ccccc1.O=C(O)c1onc(-c2ccc(Cl)o2)c1-c1ccccc1.OCc1onc(-c2ccc(Cl)o2)c1-c1ccccc1. The quantitative estimate of drug-likeness (QED) is 0.102. The lowest BCUT2D eigenvalue weighted by Gasteiger charge is -2.03.